The lowest BCUT2D eigenvalue weighted by molar-refractivity contribution is 0.0276. The summed E-state index contributed by atoms with van der Waals surface area (Å²) in [6.45, 7) is 6.40. The molecule has 2 amide bonds. The van der Waals surface area contributed by atoms with E-state index >= 15 is 0 Å². The maximum absolute atomic E-state index is 13.3. The molecule has 2 fully saturated rings. The molecule has 2 aromatic carbocycles. The van der Waals surface area contributed by atoms with Gasteiger partial charge in [-0.05, 0) is 75.4 Å². The number of hydrogen-bond donors (Lipinski definition) is 2. The molecule has 2 aliphatic rings. The number of anilines is 1. The average molecular weight is 549 g/mol. The molecule has 8 heteroatoms. The number of nitrogens with one attached hydrogen (secondary N) is 2. The van der Waals surface area contributed by atoms with Crippen molar-refractivity contribution in [3.63, 3.8) is 0 Å². The van der Waals surface area contributed by atoms with E-state index in [2.05, 4.69) is 20.5 Å². The molecule has 0 bridgehead atoms. The first-order chi connectivity index (χ1) is 18.8. The number of carbonyl (C=O) groups excluding carboxylic acids is 2. The van der Waals surface area contributed by atoms with Gasteiger partial charge in [-0.3, -0.25) is 4.79 Å². The highest BCUT2D eigenvalue weighted by atomic mass is 32.1. The van der Waals surface area contributed by atoms with Crippen LogP contribution in [0.1, 0.15) is 66.4 Å². The number of Topliss-reactive ketones (excluding diaryl/α,β-unsaturated/α-hetero) is 1. The maximum atomic E-state index is 13.3. The summed E-state index contributed by atoms with van der Waals surface area (Å²) in [6, 6.07) is 14.4. The van der Waals surface area contributed by atoms with E-state index in [0.717, 1.165) is 80.0 Å². The van der Waals surface area contributed by atoms with Crippen LogP contribution in [0.15, 0.2) is 48.5 Å². The lowest BCUT2D eigenvalue weighted by Gasteiger charge is -2.50. The molecule has 2 unspecified atom stereocenters. The number of ketones is 1. The molecule has 206 valence electrons. The van der Waals surface area contributed by atoms with Gasteiger partial charge >= 0.3 is 6.03 Å². The lowest BCUT2D eigenvalue weighted by Crippen LogP contribution is -2.57. The third-order valence-electron chi connectivity index (χ3n) is 8.26. The topological polar surface area (TPSA) is 74.3 Å². The zero-order chi connectivity index (χ0) is 27.4. The van der Waals surface area contributed by atoms with Gasteiger partial charge in [-0.15, -0.1) is 11.3 Å². The number of amides is 2. The minimum Gasteiger partial charge on any atom is -0.335 e. The summed E-state index contributed by atoms with van der Waals surface area (Å²) in [6.07, 6.45) is 7.59. The Kier molecular flexibility index (Phi) is 8.43. The number of nitrogens with zero attached hydrogens (tertiary/aromatic N) is 2. The van der Waals surface area contributed by atoms with Crippen molar-refractivity contribution in [1.82, 2.24) is 15.2 Å². The Balaban J connectivity index is 1.22. The predicted molar refractivity (Wildman–Crippen MR) is 155 cm³/mol. The van der Waals surface area contributed by atoms with Crippen LogP contribution in [0.5, 0.6) is 0 Å². The van der Waals surface area contributed by atoms with Crippen LogP contribution in [-0.4, -0.2) is 47.4 Å². The van der Waals surface area contributed by atoms with E-state index < -0.39 is 0 Å². The largest absolute Gasteiger partial charge is 0.335 e. The molecule has 1 spiro atoms. The molecule has 39 heavy (non-hydrogen) atoms. The number of carbonyl (C=O) groups is 2. The second kappa shape index (κ2) is 12.0. The van der Waals surface area contributed by atoms with Crippen LogP contribution < -0.4 is 10.6 Å². The van der Waals surface area contributed by atoms with Crippen LogP contribution in [-0.2, 0) is 6.42 Å². The van der Waals surface area contributed by atoms with Crippen molar-refractivity contribution in [2.75, 3.05) is 25.0 Å². The van der Waals surface area contributed by atoms with E-state index in [1.165, 1.54) is 29.9 Å². The smallest absolute Gasteiger partial charge is 0.319 e. The van der Waals surface area contributed by atoms with Gasteiger partial charge in [0.25, 0.3) is 0 Å². The van der Waals surface area contributed by atoms with E-state index in [1.54, 1.807) is 6.92 Å². The van der Waals surface area contributed by atoms with Gasteiger partial charge in [0.05, 0.1) is 10.6 Å². The summed E-state index contributed by atoms with van der Waals surface area (Å²) in [7, 11) is 0. The van der Waals surface area contributed by atoms with Crippen molar-refractivity contribution >= 4 is 28.8 Å². The normalized spacial score (nSPS) is 21.6. The van der Waals surface area contributed by atoms with Crippen LogP contribution in [0, 0.1) is 18.2 Å². The number of piperidine rings is 1. The number of aryl methyl sites for hydroxylation is 1. The highest BCUT2D eigenvalue weighted by Crippen LogP contribution is 2.43. The number of urea groups is 1. The summed E-state index contributed by atoms with van der Waals surface area (Å²) in [5.74, 6) is -0.180. The number of thiazole rings is 1. The van der Waals surface area contributed by atoms with Crippen LogP contribution in [0.3, 0.4) is 0 Å². The van der Waals surface area contributed by atoms with Gasteiger partial charge in [0, 0.05) is 42.7 Å². The van der Waals surface area contributed by atoms with Gasteiger partial charge in [0.1, 0.15) is 10.8 Å². The van der Waals surface area contributed by atoms with E-state index in [0.29, 0.717) is 10.6 Å². The Morgan fingerprint density at radius 2 is 1.92 bits per heavy atom. The van der Waals surface area contributed by atoms with E-state index in [-0.39, 0.29) is 29.1 Å². The van der Waals surface area contributed by atoms with Crippen molar-refractivity contribution in [1.29, 1.82) is 0 Å². The van der Waals surface area contributed by atoms with E-state index in [4.69, 9.17) is 0 Å². The fourth-order valence-corrected chi connectivity index (χ4v) is 7.27. The van der Waals surface area contributed by atoms with Gasteiger partial charge in [-0.25, -0.2) is 14.2 Å². The summed E-state index contributed by atoms with van der Waals surface area (Å²) in [5.41, 5.74) is 3.56. The zero-order valence-corrected chi connectivity index (χ0v) is 23.6. The number of halogens is 1. The second-order valence-electron chi connectivity index (χ2n) is 11.1. The molecule has 3 aromatic rings. The first-order valence-corrected chi connectivity index (χ1v) is 14.8. The first kappa shape index (κ1) is 27.5. The Labute approximate surface area is 234 Å². The monoisotopic (exact) mass is 548 g/mol. The number of aromatic nitrogens is 1. The summed E-state index contributed by atoms with van der Waals surface area (Å²) >= 11 is 1.38. The summed E-state index contributed by atoms with van der Waals surface area (Å²) in [5, 5.41) is 7.16. The fourth-order valence-electron chi connectivity index (χ4n) is 6.31. The SMILES string of the molecule is CC(=O)c1sc(-c2cccc(NC(=O)NC3CCCCC34CCCN(CCc3ccc(F)cc3)C4)c2)nc1C. The molecule has 1 saturated heterocycles. The second-order valence-corrected chi connectivity index (χ2v) is 12.1. The maximum Gasteiger partial charge on any atom is 0.319 e. The zero-order valence-electron chi connectivity index (χ0n) is 22.8. The average Bonchev–Trinajstić information content (AvgIpc) is 3.32. The Morgan fingerprint density at radius 1 is 1.13 bits per heavy atom. The van der Waals surface area contributed by atoms with Gasteiger partial charge in [-0.2, -0.15) is 0 Å². The summed E-state index contributed by atoms with van der Waals surface area (Å²) < 4.78 is 13.3. The molecule has 1 aliphatic carbocycles. The summed E-state index contributed by atoms with van der Waals surface area (Å²) in [4.78, 5) is 32.8. The lowest BCUT2D eigenvalue weighted by atomic mass is 9.66. The molecule has 1 aliphatic heterocycles. The van der Waals surface area contributed by atoms with Crippen molar-refractivity contribution in [2.24, 2.45) is 5.41 Å². The molecular formula is C31H37FN4O2S. The molecule has 2 N–H and O–H groups in total. The van der Waals surface area contributed by atoms with Gasteiger partial charge in [-0.1, -0.05) is 37.1 Å². The molecule has 2 atom stereocenters. The molecule has 2 heterocycles. The third-order valence-corrected chi connectivity index (χ3v) is 9.57. The van der Waals surface area contributed by atoms with Crippen LogP contribution in [0.25, 0.3) is 10.6 Å². The minimum absolute atomic E-state index is 0.0167. The molecule has 1 saturated carbocycles. The number of likely N-dealkylation sites (tertiary alicyclic amines) is 1. The van der Waals surface area contributed by atoms with Crippen molar-refractivity contribution in [2.45, 2.75) is 64.8 Å². The number of benzene rings is 2. The predicted octanol–water partition coefficient (Wildman–Crippen LogP) is 6.85. The third kappa shape index (κ3) is 6.56. The van der Waals surface area contributed by atoms with Crippen molar-refractivity contribution < 1.29 is 14.0 Å². The standard InChI is InChI=1S/C31H37FN4O2S/c1-21-28(22(2)37)39-29(33-21)24-7-5-8-26(19-24)34-30(38)35-27-9-3-4-15-31(27)16-6-17-36(20-31)18-14-23-10-12-25(32)13-11-23/h5,7-8,10-13,19,27H,3-4,6,9,14-18,20H2,1-2H3,(H2,34,35,38). The first-order valence-electron chi connectivity index (χ1n) is 13.9. The van der Waals surface area contributed by atoms with Crippen LogP contribution >= 0.6 is 11.3 Å². The Hall–Kier alpha value is -3.10. The quantitative estimate of drug-likeness (QED) is 0.317. The van der Waals surface area contributed by atoms with E-state index in [9.17, 15) is 14.0 Å². The van der Waals surface area contributed by atoms with Gasteiger partial charge < -0.3 is 15.5 Å². The van der Waals surface area contributed by atoms with Crippen molar-refractivity contribution in [3.8, 4) is 10.6 Å². The molecule has 1 aromatic heterocycles. The fraction of sp³-hybridized carbons (Fsp3) is 0.452. The molecule has 5 rings (SSSR count). The number of rotatable bonds is 7. The van der Waals surface area contributed by atoms with Gasteiger partial charge in [0.2, 0.25) is 0 Å². The van der Waals surface area contributed by atoms with Crippen LogP contribution in [0.2, 0.25) is 0 Å². The van der Waals surface area contributed by atoms with Crippen LogP contribution in [0.4, 0.5) is 14.9 Å². The molecule has 0 radical (unpaired) electrons. The highest BCUT2D eigenvalue weighted by Gasteiger charge is 2.44. The van der Waals surface area contributed by atoms with Gasteiger partial charge in [0.15, 0.2) is 5.78 Å². The van der Waals surface area contributed by atoms with E-state index in [1.807, 2.05) is 43.3 Å². The Morgan fingerprint density at radius 3 is 2.69 bits per heavy atom. The highest BCUT2D eigenvalue weighted by molar-refractivity contribution is 7.17. The molecular weight excluding hydrogens is 511 g/mol. The Bertz CT molecular complexity index is 1320. The molecule has 6 nitrogen and oxygen atoms in total. The van der Waals surface area contributed by atoms with Crippen molar-refractivity contribution in [3.05, 3.63) is 70.5 Å². The number of hydrogen-bond acceptors (Lipinski definition) is 5. The minimum atomic E-state index is -0.197.